The van der Waals surface area contributed by atoms with Gasteiger partial charge in [0.25, 0.3) is 0 Å². The fraction of sp³-hybridized carbons (Fsp3) is 0.235. The standard InChI is InChI=1S/C17H17FN2O/c18-14-7-9-15(10-8-14)19-16(21)20-17(11-4-12-17)13-5-2-1-3-6-13/h1-3,5-10H,4,11-12H2,(H2,19,20,21). The maximum atomic E-state index is 12.9. The Balaban J connectivity index is 1.70. The van der Waals surface area contributed by atoms with Crippen molar-refractivity contribution in [2.45, 2.75) is 24.8 Å². The van der Waals surface area contributed by atoms with E-state index in [9.17, 15) is 9.18 Å². The summed E-state index contributed by atoms with van der Waals surface area (Å²) in [5, 5.41) is 5.81. The molecule has 1 aliphatic rings. The predicted octanol–water partition coefficient (Wildman–Crippen LogP) is 4.03. The van der Waals surface area contributed by atoms with Gasteiger partial charge in [-0.1, -0.05) is 30.3 Å². The zero-order valence-electron chi connectivity index (χ0n) is 11.6. The SMILES string of the molecule is O=C(Nc1ccc(F)cc1)NC1(c2ccccc2)CCC1. The van der Waals surface area contributed by atoms with Crippen molar-refractivity contribution in [1.82, 2.24) is 5.32 Å². The van der Waals surface area contributed by atoms with Crippen LogP contribution in [0, 0.1) is 5.82 Å². The van der Waals surface area contributed by atoms with Crippen LogP contribution < -0.4 is 10.6 Å². The molecule has 0 saturated heterocycles. The fourth-order valence-electron chi connectivity index (χ4n) is 2.69. The Labute approximate surface area is 123 Å². The van der Waals surface area contributed by atoms with Crippen LogP contribution in [0.1, 0.15) is 24.8 Å². The second kappa shape index (κ2) is 5.56. The van der Waals surface area contributed by atoms with Gasteiger partial charge < -0.3 is 10.6 Å². The van der Waals surface area contributed by atoms with E-state index in [1.807, 2.05) is 30.3 Å². The normalized spacial score (nSPS) is 15.9. The summed E-state index contributed by atoms with van der Waals surface area (Å²) in [6, 6.07) is 15.5. The number of rotatable bonds is 3. The average Bonchev–Trinajstić information content (AvgIpc) is 2.46. The quantitative estimate of drug-likeness (QED) is 0.878. The first-order valence-corrected chi connectivity index (χ1v) is 7.08. The van der Waals surface area contributed by atoms with Crippen LogP contribution in [-0.2, 0) is 5.54 Å². The summed E-state index contributed by atoms with van der Waals surface area (Å²) in [6.07, 6.45) is 2.98. The number of halogens is 1. The van der Waals surface area contributed by atoms with Crippen molar-refractivity contribution in [2.24, 2.45) is 0 Å². The van der Waals surface area contributed by atoms with Crippen LogP contribution in [0.3, 0.4) is 0 Å². The molecule has 2 aromatic carbocycles. The number of carbonyl (C=O) groups excluding carboxylic acids is 1. The molecule has 21 heavy (non-hydrogen) atoms. The van der Waals surface area contributed by atoms with Gasteiger partial charge in [0.15, 0.2) is 0 Å². The zero-order valence-corrected chi connectivity index (χ0v) is 11.6. The maximum Gasteiger partial charge on any atom is 0.319 e. The van der Waals surface area contributed by atoms with E-state index < -0.39 is 0 Å². The largest absolute Gasteiger partial charge is 0.328 e. The third kappa shape index (κ3) is 2.89. The Morgan fingerprint density at radius 2 is 1.67 bits per heavy atom. The van der Waals surface area contributed by atoms with Gasteiger partial charge in [0.05, 0.1) is 5.54 Å². The molecule has 4 heteroatoms. The summed E-state index contributed by atoms with van der Waals surface area (Å²) >= 11 is 0. The van der Waals surface area contributed by atoms with Crippen molar-refractivity contribution < 1.29 is 9.18 Å². The highest BCUT2D eigenvalue weighted by Crippen LogP contribution is 2.41. The zero-order chi connectivity index (χ0) is 14.7. The Bertz CT molecular complexity index is 621. The van der Waals surface area contributed by atoms with Crippen LogP contribution in [0.5, 0.6) is 0 Å². The van der Waals surface area contributed by atoms with E-state index in [0.717, 1.165) is 24.8 Å². The number of amides is 2. The van der Waals surface area contributed by atoms with E-state index in [-0.39, 0.29) is 17.4 Å². The minimum absolute atomic E-state index is 0.259. The van der Waals surface area contributed by atoms with E-state index in [0.29, 0.717) is 5.69 Å². The molecule has 0 heterocycles. The molecule has 0 bridgehead atoms. The average molecular weight is 284 g/mol. The molecule has 3 nitrogen and oxygen atoms in total. The Morgan fingerprint density at radius 1 is 1.00 bits per heavy atom. The van der Waals surface area contributed by atoms with E-state index in [1.54, 1.807) is 12.1 Å². The Kier molecular flexibility index (Phi) is 3.60. The topological polar surface area (TPSA) is 41.1 Å². The van der Waals surface area contributed by atoms with E-state index in [2.05, 4.69) is 10.6 Å². The van der Waals surface area contributed by atoms with Gasteiger partial charge in [-0.3, -0.25) is 0 Å². The summed E-state index contributed by atoms with van der Waals surface area (Å²) in [6.45, 7) is 0. The first kappa shape index (κ1) is 13.6. The van der Waals surface area contributed by atoms with Crippen LogP contribution in [0.15, 0.2) is 54.6 Å². The molecule has 0 unspecified atom stereocenters. The minimum atomic E-state index is -0.319. The summed E-state index contributed by atoms with van der Waals surface area (Å²) in [4.78, 5) is 12.2. The second-order valence-corrected chi connectivity index (χ2v) is 5.39. The first-order valence-electron chi connectivity index (χ1n) is 7.08. The van der Waals surface area contributed by atoms with Gasteiger partial charge in [-0.05, 0) is 49.1 Å². The molecule has 0 aromatic heterocycles. The lowest BCUT2D eigenvalue weighted by atomic mass is 9.72. The number of hydrogen-bond donors (Lipinski definition) is 2. The minimum Gasteiger partial charge on any atom is -0.328 e. The van der Waals surface area contributed by atoms with Crippen molar-refractivity contribution in [3.63, 3.8) is 0 Å². The third-order valence-electron chi connectivity index (χ3n) is 3.99. The highest BCUT2D eigenvalue weighted by Gasteiger charge is 2.39. The number of hydrogen-bond acceptors (Lipinski definition) is 1. The molecule has 2 aromatic rings. The van der Waals surface area contributed by atoms with Crippen LogP contribution >= 0.6 is 0 Å². The van der Waals surface area contributed by atoms with Gasteiger partial charge >= 0.3 is 6.03 Å². The van der Waals surface area contributed by atoms with Gasteiger partial charge in [-0.15, -0.1) is 0 Å². The van der Waals surface area contributed by atoms with Crippen molar-refractivity contribution in [2.75, 3.05) is 5.32 Å². The Morgan fingerprint density at radius 3 is 2.24 bits per heavy atom. The monoisotopic (exact) mass is 284 g/mol. The number of anilines is 1. The lowest BCUT2D eigenvalue weighted by Gasteiger charge is -2.43. The molecule has 1 saturated carbocycles. The van der Waals surface area contributed by atoms with Crippen molar-refractivity contribution in [3.05, 3.63) is 66.0 Å². The van der Waals surface area contributed by atoms with Gasteiger partial charge in [-0.2, -0.15) is 0 Å². The summed E-state index contributed by atoms with van der Waals surface area (Å²) in [5.41, 5.74) is 1.44. The number of carbonyl (C=O) groups is 1. The smallest absolute Gasteiger partial charge is 0.319 e. The molecule has 0 spiro atoms. The number of urea groups is 1. The lowest BCUT2D eigenvalue weighted by molar-refractivity contribution is 0.185. The highest BCUT2D eigenvalue weighted by atomic mass is 19.1. The van der Waals surface area contributed by atoms with Gasteiger partial charge in [0, 0.05) is 5.69 Å². The molecule has 3 rings (SSSR count). The van der Waals surface area contributed by atoms with E-state index in [1.165, 1.54) is 12.1 Å². The molecule has 1 fully saturated rings. The second-order valence-electron chi connectivity index (χ2n) is 5.39. The number of benzene rings is 2. The Hall–Kier alpha value is -2.36. The van der Waals surface area contributed by atoms with Gasteiger partial charge in [0.2, 0.25) is 0 Å². The summed E-state index contributed by atoms with van der Waals surface area (Å²) in [5.74, 6) is -0.319. The molecular weight excluding hydrogens is 267 g/mol. The van der Waals surface area contributed by atoms with E-state index in [4.69, 9.17) is 0 Å². The highest BCUT2D eigenvalue weighted by molar-refractivity contribution is 5.89. The van der Waals surface area contributed by atoms with Crippen LogP contribution in [-0.4, -0.2) is 6.03 Å². The van der Waals surface area contributed by atoms with Gasteiger partial charge in [0.1, 0.15) is 5.82 Å². The third-order valence-corrected chi connectivity index (χ3v) is 3.99. The van der Waals surface area contributed by atoms with Crippen molar-refractivity contribution in [1.29, 1.82) is 0 Å². The van der Waals surface area contributed by atoms with Crippen molar-refractivity contribution in [3.8, 4) is 0 Å². The predicted molar refractivity (Wildman–Crippen MR) is 80.5 cm³/mol. The maximum absolute atomic E-state index is 12.9. The molecule has 108 valence electrons. The first-order chi connectivity index (χ1) is 10.2. The lowest BCUT2D eigenvalue weighted by Crippen LogP contribution is -2.52. The fourth-order valence-corrected chi connectivity index (χ4v) is 2.69. The van der Waals surface area contributed by atoms with Crippen LogP contribution in [0.25, 0.3) is 0 Å². The molecule has 2 amide bonds. The van der Waals surface area contributed by atoms with Crippen molar-refractivity contribution >= 4 is 11.7 Å². The summed E-state index contributed by atoms with van der Waals surface area (Å²) in [7, 11) is 0. The number of nitrogens with one attached hydrogen (secondary N) is 2. The van der Waals surface area contributed by atoms with Crippen LogP contribution in [0.2, 0.25) is 0 Å². The molecule has 1 aliphatic carbocycles. The van der Waals surface area contributed by atoms with Crippen LogP contribution in [0.4, 0.5) is 14.9 Å². The van der Waals surface area contributed by atoms with E-state index >= 15 is 0 Å². The van der Waals surface area contributed by atoms with Gasteiger partial charge in [-0.25, -0.2) is 9.18 Å². The molecule has 0 radical (unpaired) electrons. The molecule has 0 atom stereocenters. The summed E-state index contributed by atoms with van der Waals surface area (Å²) < 4.78 is 12.9. The molecule has 2 N–H and O–H groups in total. The molecule has 0 aliphatic heterocycles. The molecular formula is C17H17FN2O.